The molecule has 11 heavy (non-hydrogen) atoms. The molecule has 0 radical (unpaired) electrons. The first-order valence-corrected chi connectivity index (χ1v) is 3.26. The number of azide groups is 1. The fraction of sp³-hybridized carbons (Fsp3) is 1.00. The minimum Gasteiger partial charge on any atom is -0.394 e. The molecule has 3 unspecified atom stereocenters. The van der Waals surface area contributed by atoms with Crippen LogP contribution in [0.5, 0.6) is 0 Å². The van der Waals surface area contributed by atoms with Crippen molar-refractivity contribution in [2.24, 2.45) is 5.11 Å². The Morgan fingerprint density at radius 3 is 2.91 bits per heavy atom. The van der Waals surface area contributed by atoms with Crippen LogP contribution < -0.4 is 0 Å². The Balaban J connectivity index is 2.48. The molecule has 1 aliphatic rings. The van der Waals surface area contributed by atoms with Crippen molar-refractivity contribution in [3.8, 4) is 0 Å². The van der Waals surface area contributed by atoms with E-state index in [0.717, 1.165) is 0 Å². The van der Waals surface area contributed by atoms with Gasteiger partial charge in [0.2, 0.25) is 0 Å². The Labute approximate surface area is 63.0 Å². The van der Waals surface area contributed by atoms with Crippen LogP contribution >= 0.6 is 0 Å². The Bertz CT molecular complexity index is 180. The lowest BCUT2D eigenvalue weighted by Crippen LogP contribution is -2.24. The fourth-order valence-corrected chi connectivity index (χ4v) is 1.00. The SMILES string of the molecule is [N-]=[N+]=NC1CC(O)C(CO)O1. The van der Waals surface area contributed by atoms with Crippen LogP contribution in [0.4, 0.5) is 0 Å². The minimum absolute atomic E-state index is 0.251. The van der Waals surface area contributed by atoms with Gasteiger partial charge in [0, 0.05) is 11.3 Å². The summed E-state index contributed by atoms with van der Waals surface area (Å²) in [5.41, 5.74) is 8.01. The van der Waals surface area contributed by atoms with Gasteiger partial charge in [-0.05, 0) is 5.53 Å². The summed E-state index contributed by atoms with van der Waals surface area (Å²) in [4.78, 5) is 2.53. The molecule has 1 fully saturated rings. The number of hydrogen-bond donors (Lipinski definition) is 2. The summed E-state index contributed by atoms with van der Waals surface area (Å²) in [5.74, 6) is 0. The van der Waals surface area contributed by atoms with Gasteiger partial charge in [-0.2, -0.15) is 0 Å². The van der Waals surface area contributed by atoms with Crippen molar-refractivity contribution in [3.63, 3.8) is 0 Å². The number of hydrogen-bond acceptors (Lipinski definition) is 4. The lowest BCUT2D eigenvalue weighted by molar-refractivity contribution is -0.0198. The highest BCUT2D eigenvalue weighted by molar-refractivity contribution is 4.80. The number of ether oxygens (including phenoxy) is 1. The van der Waals surface area contributed by atoms with Gasteiger partial charge in [-0.25, -0.2) is 0 Å². The average Bonchev–Trinajstić information content (AvgIpc) is 2.32. The van der Waals surface area contributed by atoms with E-state index in [2.05, 4.69) is 10.0 Å². The summed E-state index contributed by atoms with van der Waals surface area (Å²) < 4.78 is 4.94. The van der Waals surface area contributed by atoms with Gasteiger partial charge in [-0.15, -0.1) is 0 Å². The van der Waals surface area contributed by atoms with E-state index in [-0.39, 0.29) is 13.0 Å². The van der Waals surface area contributed by atoms with Gasteiger partial charge in [-0.3, -0.25) is 0 Å². The van der Waals surface area contributed by atoms with Crippen LogP contribution in [0.3, 0.4) is 0 Å². The van der Waals surface area contributed by atoms with Gasteiger partial charge >= 0.3 is 0 Å². The quantitative estimate of drug-likeness (QED) is 0.330. The second-order valence-electron chi connectivity index (χ2n) is 2.32. The highest BCUT2D eigenvalue weighted by atomic mass is 16.5. The van der Waals surface area contributed by atoms with E-state index >= 15 is 0 Å². The summed E-state index contributed by atoms with van der Waals surface area (Å²) in [5, 5.41) is 21.0. The first-order valence-electron chi connectivity index (χ1n) is 3.26. The van der Waals surface area contributed by atoms with Crippen LogP contribution in [0, 0.1) is 0 Å². The second kappa shape index (κ2) is 3.54. The molecule has 2 N–H and O–H groups in total. The van der Waals surface area contributed by atoms with E-state index in [4.69, 9.17) is 20.5 Å². The lowest BCUT2D eigenvalue weighted by Gasteiger charge is -2.08. The van der Waals surface area contributed by atoms with Crippen LogP contribution in [-0.4, -0.2) is 35.3 Å². The maximum atomic E-state index is 9.12. The number of aliphatic hydroxyl groups excluding tert-OH is 2. The molecule has 0 aromatic heterocycles. The standard InChI is InChI=1S/C5H9N3O3/c6-8-7-5-1-3(10)4(2-9)11-5/h3-5,9-10H,1-2H2. The van der Waals surface area contributed by atoms with Gasteiger partial charge in [-0.1, -0.05) is 5.11 Å². The zero-order chi connectivity index (χ0) is 8.27. The van der Waals surface area contributed by atoms with Gasteiger partial charge in [0.1, 0.15) is 12.3 Å². The van der Waals surface area contributed by atoms with E-state index in [1.54, 1.807) is 0 Å². The highest BCUT2D eigenvalue weighted by Crippen LogP contribution is 2.20. The largest absolute Gasteiger partial charge is 0.394 e. The number of nitrogens with zero attached hydrogens (tertiary/aromatic N) is 3. The maximum Gasteiger partial charge on any atom is 0.139 e. The molecule has 1 aliphatic heterocycles. The van der Waals surface area contributed by atoms with E-state index < -0.39 is 18.4 Å². The first-order chi connectivity index (χ1) is 5.27. The molecule has 6 heteroatoms. The van der Waals surface area contributed by atoms with Crippen molar-refractivity contribution in [3.05, 3.63) is 10.4 Å². The second-order valence-corrected chi connectivity index (χ2v) is 2.32. The Kier molecular flexibility index (Phi) is 2.67. The van der Waals surface area contributed by atoms with E-state index in [9.17, 15) is 0 Å². The van der Waals surface area contributed by atoms with Gasteiger partial charge in [0.15, 0.2) is 0 Å². The van der Waals surface area contributed by atoms with Crippen molar-refractivity contribution in [1.29, 1.82) is 0 Å². The van der Waals surface area contributed by atoms with Gasteiger partial charge in [0.05, 0.1) is 12.7 Å². The summed E-state index contributed by atoms with van der Waals surface area (Å²) in [6.45, 7) is -0.251. The molecule has 6 nitrogen and oxygen atoms in total. The monoisotopic (exact) mass is 159 g/mol. The van der Waals surface area contributed by atoms with Gasteiger partial charge < -0.3 is 14.9 Å². The van der Waals surface area contributed by atoms with Crippen LogP contribution in [-0.2, 0) is 4.74 Å². The number of aliphatic hydroxyl groups is 2. The normalized spacial score (nSPS) is 36.7. The van der Waals surface area contributed by atoms with E-state index in [0.29, 0.717) is 0 Å². The predicted molar refractivity (Wildman–Crippen MR) is 35.5 cm³/mol. The maximum absolute atomic E-state index is 9.12. The first kappa shape index (κ1) is 8.29. The Hall–Kier alpha value is -0.810. The van der Waals surface area contributed by atoms with Crippen LogP contribution in [0.25, 0.3) is 10.4 Å². The predicted octanol–water partition coefficient (Wildman–Crippen LogP) is -0.235. The topological polar surface area (TPSA) is 98.5 Å². The molecular weight excluding hydrogens is 150 g/mol. The summed E-state index contributed by atoms with van der Waals surface area (Å²) in [7, 11) is 0. The molecular formula is C5H9N3O3. The smallest absolute Gasteiger partial charge is 0.139 e. The van der Waals surface area contributed by atoms with E-state index in [1.807, 2.05) is 0 Å². The molecule has 0 aliphatic carbocycles. The molecule has 0 saturated carbocycles. The molecule has 3 atom stereocenters. The van der Waals surface area contributed by atoms with Crippen LogP contribution in [0.2, 0.25) is 0 Å². The third-order valence-corrected chi connectivity index (χ3v) is 1.56. The van der Waals surface area contributed by atoms with Gasteiger partial charge in [0.25, 0.3) is 0 Å². The fourth-order valence-electron chi connectivity index (χ4n) is 1.00. The molecule has 0 spiro atoms. The van der Waals surface area contributed by atoms with Crippen molar-refractivity contribution in [2.75, 3.05) is 6.61 Å². The zero-order valence-corrected chi connectivity index (χ0v) is 5.79. The molecule has 0 aromatic carbocycles. The zero-order valence-electron chi connectivity index (χ0n) is 5.79. The van der Waals surface area contributed by atoms with Crippen molar-refractivity contribution in [1.82, 2.24) is 0 Å². The lowest BCUT2D eigenvalue weighted by atomic mass is 10.2. The summed E-state index contributed by atoms with van der Waals surface area (Å²) in [6, 6.07) is 0. The molecule has 0 aromatic rings. The van der Waals surface area contributed by atoms with Crippen molar-refractivity contribution >= 4 is 0 Å². The molecule has 62 valence electrons. The summed E-state index contributed by atoms with van der Waals surface area (Å²) in [6.07, 6.45) is -1.71. The van der Waals surface area contributed by atoms with Crippen LogP contribution in [0.1, 0.15) is 6.42 Å². The van der Waals surface area contributed by atoms with Crippen LogP contribution in [0.15, 0.2) is 5.11 Å². The highest BCUT2D eigenvalue weighted by Gasteiger charge is 2.32. The third kappa shape index (κ3) is 1.81. The molecule has 1 rings (SSSR count). The van der Waals surface area contributed by atoms with E-state index in [1.165, 1.54) is 0 Å². The molecule has 0 amide bonds. The summed E-state index contributed by atoms with van der Waals surface area (Å²) >= 11 is 0. The molecule has 0 bridgehead atoms. The Morgan fingerprint density at radius 2 is 2.45 bits per heavy atom. The Morgan fingerprint density at radius 1 is 1.73 bits per heavy atom. The minimum atomic E-state index is -0.726. The van der Waals surface area contributed by atoms with Crippen molar-refractivity contribution in [2.45, 2.75) is 24.9 Å². The van der Waals surface area contributed by atoms with Crippen molar-refractivity contribution < 1.29 is 14.9 Å². The molecule has 1 saturated heterocycles. The third-order valence-electron chi connectivity index (χ3n) is 1.56. The average molecular weight is 159 g/mol. The molecule has 1 heterocycles. The number of rotatable bonds is 2.